The van der Waals surface area contributed by atoms with Crippen molar-refractivity contribution in [2.45, 2.75) is 59.9 Å². The molecule has 2 unspecified atom stereocenters. The molecule has 0 radical (unpaired) electrons. The van der Waals surface area contributed by atoms with Crippen LogP contribution in [0.15, 0.2) is 48.5 Å². The number of hydrogen-bond donors (Lipinski definition) is 3. The van der Waals surface area contributed by atoms with E-state index in [0.29, 0.717) is 0 Å². The Morgan fingerprint density at radius 2 is 1.04 bits per heavy atom. The molecule has 0 heterocycles. The highest BCUT2D eigenvalue weighted by atomic mass is 32.1. The van der Waals surface area contributed by atoms with Gasteiger partial charge in [0.05, 0.1) is 5.37 Å². The van der Waals surface area contributed by atoms with Gasteiger partial charge in [-0.1, -0.05) is 87.4 Å². The second-order valence-electron chi connectivity index (χ2n) is 5.23. The fourth-order valence-corrected chi connectivity index (χ4v) is 2.22. The van der Waals surface area contributed by atoms with Crippen LogP contribution in [-0.2, 0) is 0 Å². The van der Waals surface area contributed by atoms with Crippen molar-refractivity contribution in [3.8, 4) is 0 Å². The monoisotopic (exact) mass is 346 g/mol. The standard InChI is InChI=1S/C17H22N2S.2C2H6/c1-12-4-8-15(9-5-12)14(3)18-19-17(20)16-10-6-13(2)7-11-16;2*1-2/h4-11,14,17-20H,1-3H3;2*1-2H3. The zero-order valence-corrected chi connectivity index (χ0v) is 17.1. The molecule has 2 rings (SSSR count). The summed E-state index contributed by atoms with van der Waals surface area (Å²) in [5.74, 6) is 0. The first-order valence-electron chi connectivity index (χ1n) is 8.88. The van der Waals surface area contributed by atoms with E-state index in [9.17, 15) is 0 Å². The van der Waals surface area contributed by atoms with E-state index in [1.165, 1.54) is 16.7 Å². The second kappa shape index (κ2) is 13.1. The fourth-order valence-electron chi connectivity index (χ4n) is 1.97. The molecule has 0 spiro atoms. The van der Waals surface area contributed by atoms with Crippen molar-refractivity contribution in [3.63, 3.8) is 0 Å². The lowest BCUT2D eigenvalue weighted by atomic mass is 10.1. The lowest BCUT2D eigenvalue weighted by Gasteiger charge is -2.20. The van der Waals surface area contributed by atoms with Crippen molar-refractivity contribution in [2.24, 2.45) is 0 Å². The summed E-state index contributed by atoms with van der Waals surface area (Å²) in [6, 6.07) is 17.2. The summed E-state index contributed by atoms with van der Waals surface area (Å²) in [5.41, 5.74) is 11.5. The molecular formula is C21H34N2S. The Labute approximate surface area is 154 Å². The summed E-state index contributed by atoms with van der Waals surface area (Å²) in [4.78, 5) is 0. The molecule has 2 N–H and O–H groups in total. The zero-order valence-electron chi connectivity index (χ0n) is 16.2. The summed E-state index contributed by atoms with van der Waals surface area (Å²) in [6.45, 7) is 14.3. The molecule has 0 aliphatic heterocycles. The third-order valence-corrected chi connectivity index (χ3v) is 3.83. The number of nitrogens with one attached hydrogen (secondary N) is 2. The van der Waals surface area contributed by atoms with Gasteiger partial charge in [0, 0.05) is 6.04 Å². The molecule has 2 aromatic rings. The lowest BCUT2D eigenvalue weighted by Crippen LogP contribution is -2.35. The number of thiol groups is 1. The summed E-state index contributed by atoms with van der Waals surface area (Å²) < 4.78 is 0. The lowest BCUT2D eigenvalue weighted by molar-refractivity contribution is 0.455. The van der Waals surface area contributed by atoms with E-state index in [1.54, 1.807) is 0 Å². The van der Waals surface area contributed by atoms with E-state index in [4.69, 9.17) is 0 Å². The second-order valence-corrected chi connectivity index (χ2v) is 5.75. The van der Waals surface area contributed by atoms with Crippen LogP contribution in [0.2, 0.25) is 0 Å². The molecule has 0 fully saturated rings. The van der Waals surface area contributed by atoms with Crippen LogP contribution >= 0.6 is 12.6 Å². The Morgan fingerprint density at radius 3 is 1.46 bits per heavy atom. The van der Waals surface area contributed by atoms with Gasteiger partial charge in [0.25, 0.3) is 0 Å². The first-order chi connectivity index (χ1) is 11.6. The molecule has 24 heavy (non-hydrogen) atoms. The van der Waals surface area contributed by atoms with Crippen LogP contribution < -0.4 is 10.9 Å². The maximum absolute atomic E-state index is 4.58. The molecule has 0 saturated heterocycles. The molecule has 134 valence electrons. The molecule has 2 atom stereocenters. The topological polar surface area (TPSA) is 24.1 Å². The molecular weight excluding hydrogens is 312 g/mol. The summed E-state index contributed by atoms with van der Waals surface area (Å²) in [5, 5.41) is -0.0245. The van der Waals surface area contributed by atoms with Crippen molar-refractivity contribution in [1.82, 2.24) is 10.9 Å². The number of rotatable bonds is 5. The van der Waals surface area contributed by atoms with Gasteiger partial charge in [-0.25, -0.2) is 10.9 Å². The number of aryl methyl sites for hydroxylation is 2. The minimum absolute atomic E-state index is 0.0245. The van der Waals surface area contributed by atoms with Gasteiger partial charge in [-0.3, -0.25) is 0 Å². The van der Waals surface area contributed by atoms with Crippen molar-refractivity contribution in [1.29, 1.82) is 0 Å². The molecule has 2 nitrogen and oxygen atoms in total. The van der Waals surface area contributed by atoms with Crippen LogP contribution in [0.5, 0.6) is 0 Å². The average Bonchev–Trinajstić information content (AvgIpc) is 2.64. The minimum Gasteiger partial charge on any atom is -0.249 e. The molecule has 2 aromatic carbocycles. The first kappa shape index (κ1) is 22.7. The Balaban J connectivity index is 0.00000123. The predicted molar refractivity (Wildman–Crippen MR) is 111 cm³/mol. The molecule has 0 saturated carbocycles. The SMILES string of the molecule is CC.CC.Cc1ccc(C(C)NNC(S)c2ccc(C)cc2)cc1. The summed E-state index contributed by atoms with van der Waals surface area (Å²) in [7, 11) is 0. The van der Waals surface area contributed by atoms with Crippen molar-refractivity contribution in [3.05, 3.63) is 70.8 Å². The van der Waals surface area contributed by atoms with Gasteiger partial charge in [-0.05, 0) is 31.9 Å². The summed E-state index contributed by atoms with van der Waals surface area (Å²) >= 11 is 4.58. The summed E-state index contributed by atoms with van der Waals surface area (Å²) in [6.07, 6.45) is 0. The van der Waals surface area contributed by atoms with E-state index in [1.807, 2.05) is 27.7 Å². The number of hydrazine groups is 1. The van der Waals surface area contributed by atoms with Gasteiger partial charge in [-0.2, -0.15) is 12.6 Å². The maximum Gasteiger partial charge on any atom is 0.0888 e. The number of benzene rings is 2. The van der Waals surface area contributed by atoms with Crippen LogP contribution in [0.1, 0.15) is 68.3 Å². The van der Waals surface area contributed by atoms with Crippen LogP contribution in [-0.4, -0.2) is 0 Å². The van der Waals surface area contributed by atoms with E-state index in [-0.39, 0.29) is 11.4 Å². The van der Waals surface area contributed by atoms with E-state index in [0.717, 1.165) is 5.56 Å². The largest absolute Gasteiger partial charge is 0.249 e. The highest BCUT2D eigenvalue weighted by Gasteiger charge is 2.08. The highest BCUT2D eigenvalue weighted by Crippen LogP contribution is 2.18. The highest BCUT2D eigenvalue weighted by molar-refractivity contribution is 7.80. The van der Waals surface area contributed by atoms with Gasteiger partial charge in [-0.15, -0.1) is 0 Å². The van der Waals surface area contributed by atoms with E-state index >= 15 is 0 Å². The maximum atomic E-state index is 4.58. The van der Waals surface area contributed by atoms with Gasteiger partial charge >= 0.3 is 0 Å². The Kier molecular flexibility index (Phi) is 12.4. The van der Waals surface area contributed by atoms with Gasteiger partial charge in [0.2, 0.25) is 0 Å². The minimum atomic E-state index is -0.0245. The molecule has 0 amide bonds. The van der Waals surface area contributed by atoms with Crippen molar-refractivity contribution < 1.29 is 0 Å². The molecule has 0 aromatic heterocycles. The Bertz CT molecular complexity index is 483. The normalized spacial score (nSPS) is 12.2. The van der Waals surface area contributed by atoms with Crippen LogP contribution in [0, 0.1) is 13.8 Å². The van der Waals surface area contributed by atoms with Crippen LogP contribution in [0.25, 0.3) is 0 Å². The van der Waals surface area contributed by atoms with Gasteiger partial charge < -0.3 is 0 Å². The fraction of sp³-hybridized carbons (Fsp3) is 0.429. The van der Waals surface area contributed by atoms with Crippen molar-refractivity contribution >= 4 is 12.6 Å². The zero-order chi connectivity index (χ0) is 18.5. The van der Waals surface area contributed by atoms with E-state index < -0.39 is 0 Å². The number of hydrogen-bond acceptors (Lipinski definition) is 3. The smallest absolute Gasteiger partial charge is 0.0888 e. The Hall–Kier alpha value is -1.29. The van der Waals surface area contributed by atoms with Gasteiger partial charge in [0.1, 0.15) is 0 Å². The van der Waals surface area contributed by atoms with Crippen molar-refractivity contribution in [2.75, 3.05) is 0 Å². The van der Waals surface area contributed by atoms with Crippen LogP contribution in [0.3, 0.4) is 0 Å². The third kappa shape index (κ3) is 8.00. The molecule has 0 aliphatic carbocycles. The Morgan fingerprint density at radius 1 is 0.667 bits per heavy atom. The predicted octanol–water partition coefficient (Wildman–Crippen LogP) is 6.14. The van der Waals surface area contributed by atoms with Crippen LogP contribution in [0.4, 0.5) is 0 Å². The quantitative estimate of drug-likeness (QED) is 0.344. The molecule has 0 bridgehead atoms. The first-order valence-corrected chi connectivity index (χ1v) is 9.40. The third-order valence-electron chi connectivity index (χ3n) is 3.41. The molecule has 0 aliphatic rings. The van der Waals surface area contributed by atoms with E-state index in [2.05, 4.69) is 92.8 Å². The molecule has 3 heteroatoms. The average molecular weight is 347 g/mol. The van der Waals surface area contributed by atoms with Gasteiger partial charge in [0.15, 0.2) is 0 Å².